The molecule has 1 fully saturated rings. The number of amides is 1. The number of methoxy groups -OCH3 is 1. The third-order valence-electron chi connectivity index (χ3n) is 3.16. The van der Waals surface area contributed by atoms with Gasteiger partial charge in [0.1, 0.15) is 18.5 Å². The average Bonchev–Trinajstić information content (AvgIpc) is 2.65. The summed E-state index contributed by atoms with van der Waals surface area (Å²) in [5, 5.41) is 2.86. The number of carbonyl (C=O) groups excluding carboxylic acids is 1. The van der Waals surface area contributed by atoms with Crippen LogP contribution in [0.5, 0.6) is 5.75 Å². The molecule has 0 saturated carbocycles. The Bertz CT molecular complexity index is 505. The third kappa shape index (κ3) is 2.87. The summed E-state index contributed by atoms with van der Waals surface area (Å²) < 4.78 is 43.0. The zero-order chi connectivity index (χ0) is 14.9. The van der Waals surface area contributed by atoms with Gasteiger partial charge in [-0.3, -0.25) is 10.1 Å². The number of nitrogens with zero attached hydrogens (tertiary/aromatic N) is 1. The molecule has 0 spiro atoms. The number of rotatable bonds is 3. The summed E-state index contributed by atoms with van der Waals surface area (Å²) in [5.41, 5.74) is 0.511. The molecular formula is C13H15F3N2O2. The fourth-order valence-corrected chi connectivity index (χ4v) is 2.29. The van der Waals surface area contributed by atoms with Crippen LogP contribution in [-0.4, -0.2) is 36.7 Å². The molecule has 2 atom stereocenters. The first-order valence-electron chi connectivity index (χ1n) is 6.09. The predicted molar refractivity (Wildman–Crippen MR) is 66.1 cm³/mol. The van der Waals surface area contributed by atoms with Crippen LogP contribution in [0.15, 0.2) is 24.3 Å². The van der Waals surface area contributed by atoms with Crippen LogP contribution >= 0.6 is 0 Å². The normalized spacial score (nSPS) is 23.2. The van der Waals surface area contributed by atoms with Gasteiger partial charge in [0, 0.05) is 5.56 Å². The molecule has 1 saturated heterocycles. The lowest BCUT2D eigenvalue weighted by Crippen LogP contribution is -2.38. The summed E-state index contributed by atoms with van der Waals surface area (Å²) in [6.07, 6.45) is -5.28. The second-order valence-electron chi connectivity index (χ2n) is 4.61. The highest BCUT2D eigenvalue weighted by Crippen LogP contribution is 2.33. The second-order valence-corrected chi connectivity index (χ2v) is 4.61. The largest absolute Gasteiger partial charge is 0.496 e. The van der Waals surface area contributed by atoms with Crippen molar-refractivity contribution in [3.8, 4) is 5.75 Å². The van der Waals surface area contributed by atoms with E-state index in [1.807, 2.05) is 0 Å². The van der Waals surface area contributed by atoms with Crippen LogP contribution < -0.4 is 10.1 Å². The summed E-state index contributed by atoms with van der Waals surface area (Å²) in [4.78, 5) is 12.7. The van der Waals surface area contributed by atoms with E-state index in [2.05, 4.69) is 5.32 Å². The molecule has 7 heteroatoms. The van der Waals surface area contributed by atoms with Crippen LogP contribution in [0, 0.1) is 0 Å². The standard InChI is InChI=1S/C13H15F3N2O2/c1-8-12(19)18(7-13(14,15)16)11(17-8)9-5-3-4-6-10(9)20-2/h3-6,8,11,17H,7H2,1-2H3. The molecule has 1 aromatic carbocycles. The molecule has 1 aromatic rings. The zero-order valence-electron chi connectivity index (χ0n) is 11.1. The minimum Gasteiger partial charge on any atom is -0.496 e. The molecular weight excluding hydrogens is 273 g/mol. The molecule has 1 aliphatic rings. The van der Waals surface area contributed by atoms with Crippen molar-refractivity contribution in [2.75, 3.05) is 13.7 Å². The maximum Gasteiger partial charge on any atom is 0.406 e. The van der Waals surface area contributed by atoms with Gasteiger partial charge < -0.3 is 9.64 Å². The molecule has 0 aliphatic carbocycles. The Morgan fingerprint density at radius 2 is 2.00 bits per heavy atom. The molecule has 0 radical (unpaired) electrons. The molecule has 0 bridgehead atoms. The van der Waals surface area contributed by atoms with Gasteiger partial charge in [-0.05, 0) is 13.0 Å². The van der Waals surface area contributed by atoms with Crippen molar-refractivity contribution in [1.29, 1.82) is 0 Å². The van der Waals surface area contributed by atoms with E-state index < -0.39 is 30.8 Å². The van der Waals surface area contributed by atoms with Gasteiger partial charge in [0.05, 0.1) is 13.2 Å². The van der Waals surface area contributed by atoms with Crippen LogP contribution in [0.25, 0.3) is 0 Å². The highest BCUT2D eigenvalue weighted by atomic mass is 19.4. The molecule has 2 rings (SSSR count). The average molecular weight is 288 g/mol. The first-order valence-corrected chi connectivity index (χ1v) is 6.09. The summed E-state index contributed by atoms with van der Waals surface area (Å²) in [5.74, 6) is -0.127. The Labute approximate surface area is 114 Å². The number of halogens is 3. The Balaban J connectivity index is 2.35. The van der Waals surface area contributed by atoms with E-state index in [1.54, 1.807) is 31.2 Å². The lowest BCUT2D eigenvalue weighted by Gasteiger charge is -2.26. The second kappa shape index (κ2) is 5.32. The van der Waals surface area contributed by atoms with Crippen molar-refractivity contribution in [2.45, 2.75) is 25.3 Å². The van der Waals surface area contributed by atoms with E-state index in [1.165, 1.54) is 7.11 Å². The number of nitrogens with one attached hydrogen (secondary N) is 1. The van der Waals surface area contributed by atoms with Crippen LogP contribution in [0.4, 0.5) is 13.2 Å². The molecule has 20 heavy (non-hydrogen) atoms. The lowest BCUT2D eigenvalue weighted by molar-refractivity contribution is -0.161. The van der Waals surface area contributed by atoms with Crippen molar-refractivity contribution < 1.29 is 22.7 Å². The fraction of sp³-hybridized carbons (Fsp3) is 0.462. The minimum atomic E-state index is -4.44. The number of hydrogen-bond donors (Lipinski definition) is 1. The SMILES string of the molecule is COc1ccccc1C1NC(C)C(=O)N1CC(F)(F)F. The van der Waals surface area contributed by atoms with Crippen LogP contribution in [0.3, 0.4) is 0 Å². The molecule has 2 unspecified atom stereocenters. The maximum absolute atomic E-state index is 12.6. The summed E-state index contributed by atoms with van der Waals surface area (Å²) in [7, 11) is 1.44. The quantitative estimate of drug-likeness (QED) is 0.926. The van der Waals surface area contributed by atoms with Crippen molar-refractivity contribution in [1.82, 2.24) is 10.2 Å². The van der Waals surface area contributed by atoms with Crippen molar-refractivity contribution >= 4 is 5.91 Å². The summed E-state index contributed by atoms with van der Waals surface area (Å²) in [6.45, 7) is 0.257. The zero-order valence-corrected chi connectivity index (χ0v) is 11.1. The van der Waals surface area contributed by atoms with Crippen LogP contribution in [-0.2, 0) is 4.79 Å². The first kappa shape index (κ1) is 14.6. The Morgan fingerprint density at radius 3 is 2.60 bits per heavy atom. The monoisotopic (exact) mass is 288 g/mol. The minimum absolute atomic E-state index is 0.444. The van der Waals surface area contributed by atoms with Crippen molar-refractivity contribution in [3.63, 3.8) is 0 Å². The highest BCUT2D eigenvalue weighted by molar-refractivity contribution is 5.84. The third-order valence-corrected chi connectivity index (χ3v) is 3.16. The Kier molecular flexibility index (Phi) is 3.89. The summed E-state index contributed by atoms with van der Waals surface area (Å²) in [6, 6.07) is 6.05. The number of ether oxygens (including phenoxy) is 1. The van der Waals surface area contributed by atoms with Gasteiger partial charge in [0.2, 0.25) is 5.91 Å². The molecule has 1 aliphatic heterocycles. The van der Waals surface area contributed by atoms with E-state index in [0.29, 0.717) is 11.3 Å². The highest BCUT2D eigenvalue weighted by Gasteiger charge is 2.44. The van der Waals surface area contributed by atoms with E-state index in [0.717, 1.165) is 4.90 Å². The molecule has 4 nitrogen and oxygen atoms in total. The molecule has 1 N–H and O–H groups in total. The lowest BCUT2D eigenvalue weighted by atomic mass is 10.1. The predicted octanol–water partition coefficient (Wildman–Crippen LogP) is 2.08. The number of benzene rings is 1. The van der Waals surface area contributed by atoms with Gasteiger partial charge in [-0.2, -0.15) is 13.2 Å². The molecule has 110 valence electrons. The topological polar surface area (TPSA) is 41.6 Å². The van der Waals surface area contributed by atoms with E-state index in [9.17, 15) is 18.0 Å². The fourth-order valence-electron chi connectivity index (χ4n) is 2.29. The van der Waals surface area contributed by atoms with Crippen LogP contribution in [0.2, 0.25) is 0 Å². The molecule has 1 amide bonds. The number of hydrogen-bond acceptors (Lipinski definition) is 3. The number of carbonyl (C=O) groups is 1. The van der Waals surface area contributed by atoms with Gasteiger partial charge in [-0.15, -0.1) is 0 Å². The molecule has 0 aromatic heterocycles. The van der Waals surface area contributed by atoms with E-state index in [-0.39, 0.29) is 0 Å². The smallest absolute Gasteiger partial charge is 0.406 e. The van der Waals surface area contributed by atoms with Gasteiger partial charge >= 0.3 is 6.18 Å². The summed E-state index contributed by atoms with van der Waals surface area (Å²) >= 11 is 0. The van der Waals surface area contributed by atoms with Crippen molar-refractivity contribution in [2.24, 2.45) is 0 Å². The van der Waals surface area contributed by atoms with Crippen LogP contribution in [0.1, 0.15) is 18.7 Å². The Hall–Kier alpha value is -1.76. The molecule has 1 heterocycles. The van der Waals surface area contributed by atoms with Gasteiger partial charge in [0.15, 0.2) is 0 Å². The first-order chi connectivity index (χ1) is 9.33. The van der Waals surface area contributed by atoms with Gasteiger partial charge in [-0.1, -0.05) is 18.2 Å². The Morgan fingerprint density at radius 1 is 1.35 bits per heavy atom. The van der Waals surface area contributed by atoms with Gasteiger partial charge in [0.25, 0.3) is 0 Å². The van der Waals surface area contributed by atoms with Crippen molar-refractivity contribution in [3.05, 3.63) is 29.8 Å². The number of para-hydroxylation sites is 1. The van der Waals surface area contributed by atoms with Gasteiger partial charge in [-0.25, -0.2) is 0 Å². The van der Waals surface area contributed by atoms with E-state index in [4.69, 9.17) is 4.74 Å². The van der Waals surface area contributed by atoms with E-state index >= 15 is 0 Å². The number of alkyl halides is 3. The maximum atomic E-state index is 12.6.